The highest BCUT2D eigenvalue weighted by Gasteiger charge is 2.41. The largest absolute Gasteiger partial charge is 0.481 e. The molecule has 0 saturated carbocycles. The van der Waals surface area contributed by atoms with Gasteiger partial charge in [-0.15, -0.1) is 0 Å². The summed E-state index contributed by atoms with van der Waals surface area (Å²) in [6.45, 7) is 3.30. The van der Waals surface area contributed by atoms with E-state index in [1.54, 1.807) is 4.90 Å². The maximum absolute atomic E-state index is 12.5. The number of piperidine rings is 1. The molecule has 2 heterocycles. The van der Waals surface area contributed by atoms with Crippen molar-refractivity contribution in [3.8, 4) is 0 Å². The van der Waals surface area contributed by atoms with Crippen molar-refractivity contribution in [3.63, 3.8) is 0 Å². The minimum absolute atomic E-state index is 0.0268. The lowest BCUT2D eigenvalue weighted by Gasteiger charge is -2.40. The number of rotatable bonds is 5. The van der Waals surface area contributed by atoms with E-state index in [0.29, 0.717) is 19.4 Å². The number of aliphatic carboxylic acids is 1. The van der Waals surface area contributed by atoms with Gasteiger partial charge in [-0.2, -0.15) is 0 Å². The van der Waals surface area contributed by atoms with Crippen LogP contribution in [0, 0.1) is 5.92 Å². The van der Waals surface area contributed by atoms with Gasteiger partial charge in [0, 0.05) is 19.6 Å². The first-order valence-electron chi connectivity index (χ1n) is 8.83. The van der Waals surface area contributed by atoms with Crippen LogP contribution in [-0.4, -0.2) is 41.1 Å². The Labute approximate surface area is 142 Å². The smallest absolute Gasteiger partial charge is 0.308 e. The predicted molar refractivity (Wildman–Crippen MR) is 89.6 cm³/mol. The number of hydrogen-bond acceptors (Lipinski definition) is 3. The highest BCUT2D eigenvalue weighted by Crippen LogP contribution is 2.37. The fourth-order valence-electron chi connectivity index (χ4n) is 3.80. The zero-order valence-electron chi connectivity index (χ0n) is 14.1. The molecule has 24 heavy (non-hydrogen) atoms. The third-order valence-corrected chi connectivity index (χ3v) is 5.18. The maximum atomic E-state index is 12.5. The van der Waals surface area contributed by atoms with Crippen LogP contribution < -0.4 is 0 Å². The minimum Gasteiger partial charge on any atom is -0.481 e. The second-order valence-corrected chi connectivity index (χ2v) is 6.70. The Kier molecular flexibility index (Phi) is 5.19. The summed E-state index contributed by atoms with van der Waals surface area (Å²) in [5, 5.41) is 9.67. The lowest BCUT2D eigenvalue weighted by atomic mass is 9.83. The van der Waals surface area contributed by atoms with Gasteiger partial charge in [0.2, 0.25) is 5.91 Å². The fourth-order valence-corrected chi connectivity index (χ4v) is 3.80. The van der Waals surface area contributed by atoms with Crippen molar-refractivity contribution in [2.75, 3.05) is 13.2 Å². The molecular weight excluding hydrogens is 306 g/mol. The van der Waals surface area contributed by atoms with Gasteiger partial charge in [-0.25, -0.2) is 0 Å². The van der Waals surface area contributed by atoms with Gasteiger partial charge in [0.05, 0.1) is 18.1 Å². The van der Waals surface area contributed by atoms with Crippen LogP contribution >= 0.6 is 0 Å². The standard InChI is InChI=1S/C19H25NO4/c1-2-13-5-7-14(8-6-13)18-16(19(22)23)9-10-17(21)20(18)12-15-4-3-11-24-15/h5-8,15-16,18H,2-4,9-12H2,1H3,(H,22,23)/t15-,16-,18-/m1/s1. The van der Waals surface area contributed by atoms with Crippen LogP contribution in [0.1, 0.15) is 49.8 Å². The Hall–Kier alpha value is -1.88. The molecule has 1 amide bonds. The molecule has 0 aromatic heterocycles. The lowest BCUT2D eigenvalue weighted by Crippen LogP contribution is -2.48. The Balaban J connectivity index is 1.90. The Morgan fingerprint density at radius 1 is 1.29 bits per heavy atom. The van der Waals surface area contributed by atoms with Crippen molar-refractivity contribution in [3.05, 3.63) is 35.4 Å². The van der Waals surface area contributed by atoms with E-state index in [-0.39, 0.29) is 12.0 Å². The van der Waals surface area contributed by atoms with E-state index >= 15 is 0 Å². The van der Waals surface area contributed by atoms with Crippen molar-refractivity contribution < 1.29 is 19.4 Å². The molecule has 3 atom stereocenters. The van der Waals surface area contributed by atoms with E-state index in [2.05, 4.69) is 6.92 Å². The van der Waals surface area contributed by atoms with Crippen LogP contribution in [0.25, 0.3) is 0 Å². The summed E-state index contributed by atoms with van der Waals surface area (Å²) in [7, 11) is 0. The molecule has 2 aliphatic heterocycles. The molecule has 2 saturated heterocycles. The van der Waals surface area contributed by atoms with Gasteiger partial charge in [-0.05, 0) is 36.8 Å². The van der Waals surface area contributed by atoms with Gasteiger partial charge in [-0.1, -0.05) is 31.2 Å². The quantitative estimate of drug-likeness (QED) is 0.901. The number of carbonyl (C=O) groups is 2. The molecule has 2 fully saturated rings. The second kappa shape index (κ2) is 7.34. The molecule has 130 valence electrons. The molecule has 5 nitrogen and oxygen atoms in total. The average molecular weight is 331 g/mol. The van der Waals surface area contributed by atoms with E-state index in [9.17, 15) is 14.7 Å². The first-order chi connectivity index (χ1) is 11.6. The summed E-state index contributed by atoms with van der Waals surface area (Å²) in [5.41, 5.74) is 2.11. The molecule has 1 aromatic carbocycles. The van der Waals surface area contributed by atoms with Gasteiger partial charge in [0.15, 0.2) is 0 Å². The normalized spacial score (nSPS) is 27.5. The fraction of sp³-hybridized carbons (Fsp3) is 0.579. The number of aryl methyl sites for hydroxylation is 1. The van der Waals surface area contributed by atoms with E-state index in [4.69, 9.17) is 4.74 Å². The number of amides is 1. The summed E-state index contributed by atoms with van der Waals surface area (Å²) in [4.78, 5) is 26.1. The zero-order chi connectivity index (χ0) is 17.1. The number of carboxylic acid groups (broad SMARTS) is 1. The topological polar surface area (TPSA) is 66.8 Å². The zero-order valence-corrected chi connectivity index (χ0v) is 14.1. The summed E-state index contributed by atoms with van der Waals surface area (Å²) in [6, 6.07) is 7.59. The van der Waals surface area contributed by atoms with Crippen LogP contribution in [0.15, 0.2) is 24.3 Å². The monoisotopic (exact) mass is 331 g/mol. The van der Waals surface area contributed by atoms with Crippen molar-refractivity contribution in [2.45, 2.75) is 51.2 Å². The maximum Gasteiger partial charge on any atom is 0.308 e. The van der Waals surface area contributed by atoms with Crippen molar-refractivity contribution in [2.24, 2.45) is 5.92 Å². The number of nitrogens with zero attached hydrogens (tertiary/aromatic N) is 1. The Bertz CT molecular complexity index is 592. The van der Waals surface area contributed by atoms with Crippen molar-refractivity contribution in [1.82, 2.24) is 4.90 Å². The highest BCUT2D eigenvalue weighted by atomic mass is 16.5. The molecular formula is C19H25NO4. The van der Waals surface area contributed by atoms with Crippen molar-refractivity contribution >= 4 is 11.9 Å². The van der Waals surface area contributed by atoms with Crippen LogP contribution in [0.2, 0.25) is 0 Å². The van der Waals surface area contributed by atoms with Gasteiger partial charge in [0.1, 0.15) is 0 Å². The first-order valence-corrected chi connectivity index (χ1v) is 8.83. The van der Waals surface area contributed by atoms with E-state index in [1.807, 2.05) is 24.3 Å². The summed E-state index contributed by atoms with van der Waals surface area (Å²) in [5.74, 6) is -1.35. The third kappa shape index (κ3) is 3.46. The molecule has 3 rings (SSSR count). The molecule has 0 spiro atoms. The predicted octanol–water partition coefficient (Wildman–Crippen LogP) is 2.79. The van der Waals surface area contributed by atoms with E-state index in [0.717, 1.165) is 31.4 Å². The number of carbonyl (C=O) groups excluding carboxylic acids is 1. The summed E-state index contributed by atoms with van der Waals surface area (Å²) in [6.07, 6.45) is 3.60. The van der Waals surface area contributed by atoms with E-state index < -0.39 is 17.9 Å². The van der Waals surface area contributed by atoms with Crippen LogP contribution in [0.3, 0.4) is 0 Å². The number of hydrogen-bond donors (Lipinski definition) is 1. The highest BCUT2D eigenvalue weighted by molar-refractivity contribution is 5.81. The number of carboxylic acids is 1. The summed E-state index contributed by atoms with van der Waals surface area (Å²) >= 11 is 0. The summed E-state index contributed by atoms with van der Waals surface area (Å²) < 4.78 is 5.68. The minimum atomic E-state index is -0.829. The Morgan fingerprint density at radius 3 is 2.62 bits per heavy atom. The molecule has 0 unspecified atom stereocenters. The SMILES string of the molecule is CCc1ccc([C@@H]2[C@H](C(=O)O)CCC(=O)N2C[C@H]2CCCO2)cc1. The molecule has 1 aromatic rings. The molecule has 5 heteroatoms. The van der Waals surface area contributed by atoms with Crippen molar-refractivity contribution in [1.29, 1.82) is 0 Å². The lowest BCUT2D eigenvalue weighted by molar-refractivity contribution is -0.153. The van der Waals surface area contributed by atoms with Gasteiger partial charge < -0.3 is 14.7 Å². The molecule has 2 aliphatic rings. The van der Waals surface area contributed by atoms with Crippen LogP contribution in [-0.2, 0) is 20.7 Å². The van der Waals surface area contributed by atoms with Gasteiger partial charge in [0.25, 0.3) is 0 Å². The number of likely N-dealkylation sites (tertiary alicyclic amines) is 1. The number of benzene rings is 1. The molecule has 1 N–H and O–H groups in total. The van der Waals surface area contributed by atoms with E-state index in [1.165, 1.54) is 5.56 Å². The second-order valence-electron chi connectivity index (χ2n) is 6.70. The Morgan fingerprint density at radius 2 is 2.04 bits per heavy atom. The van der Waals surface area contributed by atoms with Gasteiger partial charge >= 0.3 is 5.97 Å². The molecule has 0 aliphatic carbocycles. The first kappa shape index (κ1) is 17.0. The number of ether oxygens (including phenoxy) is 1. The van der Waals surface area contributed by atoms with Gasteiger partial charge in [-0.3, -0.25) is 9.59 Å². The average Bonchev–Trinajstić information content (AvgIpc) is 3.09. The van der Waals surface area contributed by atoms with Crippen LogP contribution in [0.5, 0.6) is 0 Å². The van der Waals surface area contributed by atoms with Crippen LogP contribution in [0.4, 0.5) is 0 Å². The molecule has 0 radical (unpaired) electrons. The molecule has 0 bridgehead atoms. The third-order valence-electron chi connectivity index (χ3n) is 5.18.